The Balaban J connectivity index is 1.57. The number of aryl methyl sites for hydroxylation is 1. The standard InChI is InChI=1S/C18H26N4OS/c1-13-12-21(2)9-10-22(13)8-7-17(23)20-18-15(11-19)14-5-3-4-6-16(14)24-18/h13H,3-10,12H2,1-2H3,(H,20,23)/t13-/m0/s1. The van der Waals surface area contributed by atoms with Crippen molar-refractivity contribution in [3.8, 4) is 6.07 Å². The lowest BCUT2D eigenvalue weighted by atomic mass is 9.96. The summed E-state index contributed by atoms with van der Waals surface area (Å²) >= 11 is 1.60. The van der Waals surface area contributed by atoms with Gasteiger partial charge in [-0.05, 0) is 45.2 Å². The molecule has 0 saturated carbocycles. The molecule has 1 aliphatic heterocycles. The maximum atomic E-state index is 12.4. The highest BCUT2D eigenvalue weighted by atomic mass is 32.1. The van der Waals surface area contributed by atoms with E-state index in [1.54, 1.807) is 11.3 Å². The summed E-state index contributed by atoms with van der Waals surface area (Å²) in [4.78, 5) is 18.4. The Morgan fingerprint density at radius 2 is 2.17 bits per heavy atom. The van der Waals surface area contributed by atoms with E-state index >= 15 is 0 Å². The molecule has 0 radical (unpaired) electrons. The third-order valence-corrected chi connectivity index (χ3v) is 6.34. The van der Waals surface area contributed by atoms with Crippen LogP contribution in [0, 0.1) is 11.3 Å². The Labute approximate surface area is 148 Å². The van der Waals surface area contributed by atoms with Crippen LogP contribution >= 0.6 is 11.3 Å². The highest BCUT2D eigenvalue weighted by molar-refractivity contribution is 7.16. The van der Waals surface area contributed by atoms with Crippen molar-refractivity contribution in [3.63, 3.8) is 0 Å². The molecule has 6 heteroatoms. The Morgan fingerprint density at radius 1 is 1.38 bits per heavy atom. The Bertz CT molecular complexity index is 648. The molecule has 130 valence electrons. The van der Waals surface area contributed by atoms with Gasteiger partial charge in [-0.3, -0.25) is 9.69 Å². The molecule has 3 rings (SSSR count). The normalized spacial score (nSPS) is 22.0. The Morgan fingerprint density at radius 3 is 2.92 bits per heavy atom. The number of nitriles is 1. The highest BCUT2D eigenvalue weighted by Crippen LogP contribution is 2.37. The quantitative estimate of drug-likeness (QED) is 0.910. The van der Waals surface area contributed by atoms with Crippen molar-refractivity contribution in [2.45, 2.75) is 45.1 Å². The number of piperazine rings is 1. The van der Waals surface area contributed by atoms with Crippen molar-refractivity contribution >= 4 is 22.2 Å². The number of fused-ring (bicyclic) bond motifs is 1. The lowest BCUT2D eigenvalue weighted by Crippen LogP contribution is -2.50. The Hall–Kier alpha value is -1.42. The fourth-order valence-electron chi connectivity index (χ4n) is 3.72. The largest absolute Gasteiger partial charge is 0.317 e. The molecule has 1 aliphatic carbocycles. The van der Waals surface area contributed by atoms with E-state index in [2.05, 4.69) is 35.2 Å². The van der Waals surface area contributed by atoms with Crippen LogP contribution in [-0.2, 0) is 17.6 Å². The summed E-state index contributed by atoms with van der Waals surface area (Å²) in [5, 5.41) is 13.2. The van der Waals surface area contributed by atoms with Crippen molar-refractivity contribution in [2.75, 3.05) is 38.5 Å². The first-order chi connectivity index (χ1) is 11.6. The number of likely N-dealkylation sites (N-methyl/N-ethyl adjacent to an activating group) is 1. The molecule has 0 unspecified atom stereocenters. The van der Waals surface area contributed by atoms with Crippen LogP contribution in [0.25, 0.3) is 0 Å². The molecule has 1 saturated heterocycles. The predicted octanol–water partition coefficient (Wildman–Crippen LogP) is 2.46. The van der Waals surface area contributed by atoms with E-state index in [4.69, 9.17) is 0 Å². The van der Waals surface area contributed by atoms with Crippen LogP contribution in [-0.4, -0.2) is 55.0 Å². The second-order valence-corrected chi connectivity index (χ2v) is 8.08. The maximum absolute atomic E-state index is 12.4. The molecule has 0 aromatic carbocycles. The molecule has 1 aromatic heterocycles. The molecule has 2 aliphatic rings. The van der Waals surface area contributed by atoms with Gasteiger partial charge in [0, 0.05) is 43.5 Å². The summed E-state index contributed by atoms with van der Waals surface area (Å²) in [6.07, 6.45) is 4.84. The first-order valence-corrected chi connectivity index (χ1v) is 9.67. The predicted molar refractivity (Wildman–Crippen MR) is 97.5 cm³/mol. The molecular formula is C18H26N4OS. The van der Waals surface area contributed by atoms with Crippen LogP contribution in [0.4, 0.5) is 5.00 Å². The number of hydrogen-bond acceptors (Lipinski definition) is 5. The molecular weight excluding hydrogens is 320 g/mol. The van der Waals surface area contributed by atoms with Crippen molar-refractivity contribution in [3.05, 3.63) is 16.0 Å². The summed E-state index contributed by atoms with van der Waals surface area (Å²) in [6.45, 7) is 6.13. The van der Waals surface area contributed by atoms with Crippen LogP contribution in [0.2, 0.25) is 0 Å². The van der Waals surface area contributed by atoms with Gasteiger partial charge in [-0.15, -0.1) is 11.3 Å². The number of anilines is 1. The number of hydrogen-bond donors (Lipinski definition) is 1. The van der Waals surface area contributed by atoms with Crippen LogP contribution in [0.15, 0.2) is 0 Å². The van der Waals surface area contributed by atoms with Gasteiger partial charge in [-0.1, -0.05) is 0 Å². The van der Waals surface area contributed by atoms with Gasteiger partial charge in [-0.25, -0.2) is 0 Å². The van der Waals surface area contributed by atoms with E-state index in [0.29, 0.717) is 18.0 Å². The zero-order chi connectivity index (χ0) is 17.1. The van der Waals surface area contributed by atoms with Crippen molar-refractivity contribution in [2.24, 2.45) is 0 Å². The molecule has 1 atom stereocenters. The molecule has 2 heterocycles. The molecule has 5 nitrogen and oxygen atoms in total. The summed E-state index contributed by atoms with van der Waals surface area (Å²) in [7, 11) is 2.14. The van der Waals surface area contributed by atoms with Crippen LogP contribution in [0.3, 0.4) is 0 Å². The lowest BCUT2D eigenvalue weighted by molar-refractivity contribution is -0.116. The second kappa shape index (κ2) is 7.64. The summed E-state index contributed by atoms with van der Waals surface area (Å²) in [6, 6.07) is 2.79. The second-order valence-electron chi connectivity index (χ2n) is 6.97. The van der Waals surface area contributed by atoms with E-state index in [-0.39, 0.29) is 5.91 Å². The van der Waals surface area contributed by atoms with E-state index < -0.39 is 0 Å². The Kier molecular flexibility index (Phi) is 5.54. The van der Waals surface area contributed by atoms with E-state index in [0.717, 1.165) is 50.4 Å². The molecule has 1 amide bonds. The first kappa shape index (κ1) is 17.4. The topological polar surface area (TPSA) is 59.4 Å². The average Bonchev–Trinajstić information content (AvgIpc) is 2.90. The third-order valence-electron chi connectivity index (χ3n) is 5.13. The minimum atomic E-state index is 0.0243. The number of thiophene rings is 1. The van der Waals surface area contributed by atoms with E-state index in [9.17, 15) is 10.1 Å². The van der Waals surface area contributed by atoms with Gasteiger partial charge < -0.3 is 10.2 Å². The fraction of sp³-hybridized carbons (Fsp3) is 0.667. The van der Waals surface area contributed by atoms with E-state index in [1.165, 1.54) is 16.9 Å². The highest BCUT2D eigenvalue weighted by Gasteiger charge is 2.24. The van der Waals surface area contributed by atoms with Gasteiger partial charge >= 0.3 is 0 Å². The summed E-state index contributed by atoms with van der Waals surface area (Å²) in [5.74, 6) is 0.0243. The average molecular weight is 347 g/mol. The number of rotatable bonds is 4. The molecule has 0 spiro atoms. The lowest BCUT2D eigenvalue weighted by Gasteiger charge is -2.38. The number of amides is 1. The minimum Gasteiger partial charge on any atom is -0.317 e. The van der Waals surface area contributed by atoms with Crippen LogP contribution in [0.5, 0.6) is 0 Å². The van der Waals surface area contributed by atoms with Crippen molar-refractivity contribution < 1.29 is 4.79 Å². The maximum Gasteiger partial charge on any atom is 0.226 e. The molecule has 1 aromatic rings. The van der Waals surface area contributed by atoms with Gasteiger partial charge in [0.15, 0.2) is 0 Å². The molecule has 0 bridgehead atoms. The smallest absolute Gasteiger partial charge is 0.226 e. The van der Waals surface area contributed by atoms with Gasteiger partial charge in [0.1, 0.15) is 11.1 Å². The molecule has 24 heavy (non-hydrogen) atoms. The molecule has 1 fully saturated rings. The number of carbonyl (C=O) groups is 1. The monoisotopic (exact) mass is 346 g/mol. The molecule has 1 N–H and O–H groups in total. The number of nitrogens with zero attached hydrogens (tertiary/aromatic N) is 3. The zero-order valence-corrected chi connectivity index (χ0v) is 15.4. The number of nitrogens with one attached hydrogen (secondary N) is 1. The number of carbonyl (C=O) groups excluding carboxylic acids is 1. The van der Waals surface area contributed by atoms with E-state index in [1.807, 2.05) is 0 Å². The van der Waals surface area contributed by atoms with Crippen molar-refractivity contribution in [1.29, 1.82) is 5.26 Å². The summed E-state index contributed by atoms with van der Waals surface area (Å²) < 4.78 is 0. The van der Waals surface area contributed by atoms with Crippen LogP contribution in [0.1, 0.15) is 42.2 Å². The van der Waals surface area contributed by atoms with Gasteiger partial charge in [0.2, 0.25) is 5.91 Å². The minimum absolute atomic E-state index is 0.0243. The zero-order valence-electron chi connectivity index (χ0n) is 14.6. The van der Waals surface area contributed by atoms with Gasteiger partial charge in [-0.2, -0.15) is 5.26 Å². The van der Waals surface area contributed by atoms with Gasteiger partial charge in [0.25, 0.3) is 0 Å². The van der Waals surface area contributed by atoms with Gasteiger partial charge in [0.05, 0.1) is 5.56 Å². The SMILES string of the molecule is C[C@H]1CN(C)CCN1CCC(=O)Nc1sc2c(c1C#N)CCCC2. The third kappa shape index (κ3) is 3.80. The van der Waals surface area contributed by atoms with Crippen molar-refractivity contribution in [1.82, 2.24) is 9.80 Å². The van der Waals surface area contributed by atoms with Crippen LogP contribution < -0.4 is 5.32 Å². The fourth-order valence-corrected chi connectivity index (χ4v) is 4.97. The summed E-state index contributed by atoms with van der Waals surface area (Å²) in [5.41, 5.74) is 1.88. The first-order valence-electron chi connectivity index (χ1n) is 8.85.